The molecular formula is C13H27N3O. The van der Waals surface area contributed by atoms with E-state index >= 15 is 0 Å². The molecule has 0 aliphatic heterocycles. The van der Waals surface area contributed by atoms with Crippen LogP contribution in [-0.4, -0.2) is 35.0 Å². The summed E-state index contributed by atoms with van der Waals surface area (Å²) in [6.07, 6.45) is 4.70. The number of nitrogens with zero attached hydrogens (tertiary/aromatic N) is 1. The normalized spacial score (nSPS) is 29.9. The molecule has 1 saturated carbocycles. The first-order valence-corrected chi connectivity index (χ1v) is 6.75. The molecule has 0 aromatic rings. The zero-order chi connectivity index (χ0) is 13.1. The number of carbonyl (C=O) groups is 1. The van der Waals surface area contributed by atoms with E-state index in [9.17, 15) is 4.79 Å². The van der Waals surface area contributed by atoms with E-state index in [0.29, 0.717) is 18.5 Å². The van der Waals surface area contributed by atoms with Crippen molar-refractivity contribution in [1.82, 2.24) is 4.90 Å². The van der Waals surface area contributed by atoms with Crippen LogP contribution in [0.4, 0.5) is 0 Å². The summed E-state index contributed by atoms with van der Waals surface area (Å²) in [6.45, 7) is 7.65. The molecule has 1 aliphatic rings. The van der Waals surface area contributed by atoms with E-state index in [1.807, 2.05) is 0 Å². The summed E-state index contributed by atoms with van der Waals surface area (Å²) in [5.74, 6) is -0.345. The van der Waals surface area contributed by atoms with E-state index in [0.717, 1.165) is 32.2 Å². The Morgan fingerprint density at radius 3 is 2.65 bits per heavy atom. The Bertz CT molecular complexity index is 267. The van der Waals surface area contributed by atoms with Crippen LogP contribution in [0.5, 0.6) is 0 Å². The topological polar surface area (TPSA) is 72.3 Å². The highest BCUT2D eigenvalue weighted by molar-refractivity contribution is 5.84. The van der Waals surface area contributed by atoms with Crippen LogP contribution in [0, 0.1) is 0 Å². The number of amides is 1. The van der Waals surface area contributed by atoms with Gasteiger partial charge < -0.3 is 11.5 Å². The Morgan fingerprint density at radius 2 is 2.18 bits per heavy atom. The Morgan fingerprint density at radius 1 is 1.53 bits per heavy atom. The van der Waals surface area contributed by atoms with Crippen molar-refractivity contribution in [3.8, 4) is 0 Å². The van der Waals surface area contributed by atoms with Gasteiger partial charge in [0.15, 0.2) is 0 Å². The van der Waals surface area contributed by atoms with Crippen LogP contribution in [0.2, 0.25) is 0 Å². The second kappa shape index (κ2) is 5.83. The summed E-state index contributed by atoms with van der Waals surface area (Å²) in [5, 5.41) is 0. The highest BCUT2D eigenvalue weighted by atomic mass is 16.1. The quantitative estimate of drug-likeness (QED) is 0.760. The van der Waals surface area contributed by atoms with E-state index in [1.54, 1.807) is 0 Å². The predicted octanol–water partition coefficient (Wildman–Crippen LogP) is 1.23. The number of hydrogen-bond acceptors (Lipinski definition) is 3. The molecule has 2 unspecified atom stereocenters. The summed E-state index contributed by atoms with van der Waals surface area (Å²) in [5.41, 5.74) is 10.8. The van der Waals surface area contributed by atoms with Crippen LogP contribution in [0.3, 0.4) is 0 Å². The van der Waals surface area contributed by atoms with Crippen LogP contribution in [0.25, 0.3) is 0 Å². The summed E-state index contributed by atoms with van der Waals surface area (Å²) >= 11 is 0. The average molecular weight is 241 g/mol. The lowest BCUT2D eigenvalue weighted by atomic mass is 9.78. The lowest BCUT2D eigenvalue weighted by molar-refractivity contribution is -0.125. The van der Waals surface area contributed by atoms with Gasteiger partial charge >= 0.3 is 0 Å². The predicted molar refractivity (Wildman–Crippen MR) is 70.5 cm³/mol. The van der Waals surface area contributed by atoms with Crippen LogP contribution in [0.1, 0.15) is 52.9 Å². The molecule has 4 nitrogen and oxygen atoms in total. The standard InChI is InChI=1S/C13H27N3O/c1-4-8-16(10(2)3)11-6-5-7-13(15,9-11)12(14)17/h10-11H,4-9,15H2,1-3H3,(H2,14,17). The summed E-state index contributed by atoms with van der Waals surface area (Å²) < 4.78 is 0. The molecule has 1 amide bonds. The number of rotatable bonds is 5. The van der Waals surface area contributed by atoms with Gasteiger partial charge in [-0.05, 0) is 52.5 Å². The van der Waals surface area contributed by atoms with Gasteiger partial charge in [-0.2, -0.15) is 0 Å². The average Bonchev–Trinajstić information content (AvgIpc) is 2.25. The van der Waals surface area contributed by atoms with Crippen molar-refractivity contribution < 1.29 is 4.79 Å². The lowest BCUT2D eigenvalue weighted by Crippen LogP contribution is -2.59. The fraction of sp³-hybridized carbons (Fsp3) is 0.923. The van der Waals surface area contributed by atoms with E-state index in [1.165, 1.54) is 0 Å². The molecule has 0 saturated heterocycles. The molecule has 4 heteroatoms. The lowest BCUT2D eigenvalue weighted by Gasteiger charge is -2.43. The maximum absolute atomic E-state index is 11.5. The zero-order valence-corrected chi connectivity index (χ0v) is 11.4. The van der Waals surface area contributed by atoms with Crippen molar-refractivity contribution in [3.63, 3.8) is 0 Å². The van der Waals surface area contributed by atoms with Crippen molar-refractivity contribution in [3.05, 3.63) is 0 Å². The number of primary amides is 1. The number of hydrogen-bond donors (Lipinski definition) is 2. The van der Waals surface area contributed by atoms with E-state index in [4.69, 9.17) is 11.5 Å². The van der Waals surface area contributed by atoms with Crippen LogP contribution in [0.15, 0.2) is 0 Å². The molecule has 1 aliphatic carbocycles. The third-order valence-corrected chi connectivity index (χ3v) is 3.86. The van der Waals surface area contributed by atoms with Gasteiger partial charge in [0.25, 0.3) is 0 Å². The molecule has 2 atom stereocenters. The van der Waals surface area contributed by atoms with Gasteiger partial charge in [0.05, 0.1) is 5.54 Å². The Balaban J connectivity index is 2.73. The van der Waals surface area contributed by atoms with Crippen molar-refractivity contribution >= 4 is 5.91 Å². The highest BCUT2D eigenvalue weighted by Crippen LogP contribution is 2.30. The Kier molecular flexibility index (Phi) is 4.95. The van der Waals surface area contributed by atoms with Gasteiger partial charge in [0.2, 0.25) is 5.91 Å². The molecular weight excluding hydrogens is 214 g/mol. The van der Waals surface area contributed by atoms with Gasteiger partial charge in [-0.15, -0.1) is 0 Å². The molecule has 0 spiro atoms. The molecule has 0 aromatic heterocycles. The molecule has 1 rings (SSSR count). The Hall–Kier alpha value is -0.610. The SMILES string of the molecule is CCCN(C(C)C)C1CCCC(N)(C(N)=O)C1. The van der Waals surface area contributed by atoms with Crippen molar-refractivity contribution in [1.29, 1.82) is 0 Å². The minimum atomic E-state index is -0.788. The number of nitrogens with two attached hydrogens (primary N) is 2. The molecule has 1 fully saturated rings. The molecule has 0 aromatic carbocycles. The van der Waals surface area contributed by atoms with Gasteiger partial charge in [0, 0.05) is 12.1 Å². The fourth-order valence-electron chi connectivity index (χ4n) is 2.91. The first-order chi connectivity index (χ1) is 7.90. The van der Waals surface area contributed by atoms with Gasteiger partial charge in [-0.1, -0.05) is 6.92 Å². The molecule has 17 heavy (non-hydrogen) atoms. The van der Waals surface area contributed by atoms with Crippen molar-refractivity contribution in [2.24, 2.45) is 11.5 Å². The second-order valence-electron chi connectivity index (χ2n) is 5.60. The molecule has 0 heterocycles. The third-order valence-electron chi connectivity index (χ3n) is 3.86. The van der Waals surface area contributed by atoms with Crippen LogP contribution in [-0.2, 0) is 4.79 Å². The number of carbonyl (C=O) groups excluding carboxylic acids is 1. The van der Waals surface area contributed by atoms with Crippen LogP contribution < -0.4 is 11.5 Å². The first-order valence-electron chi connectivity index (χ1n) is 6.75. The first kappa shape index (κ1) is 14.5. The van der Waals surface area contributed by atoms with Gasteiger partial charge in [-0.25, -0.2) is 0 Å². The maximum Gasteiger partial charge on any atom is 0.237 e. The second-order valence-corrected chi connectivity index (χ2v) is 5.60. The third kappa shape index (κ3) is 3.42. The van der Waals surface area contributed by atoms with Gasteiger partial charge in [-0.3, -0.25) is 9.69 Å². The van der Waals surface area contributed by atoms with E-state index in [2.05, 4.69) is 25.7 Å². The fourth-order valence-corrected chi connectivity index (χ4v) is 2.91. The smallest absolute Gasteiger partial charge is 0.237 e. The highest BCUT2D eigenvalue weighted by Gasteiger charge is 2.39. The molecule has 0 radical (unpaired) electrons. The Labute approximate surface area is 105 Å². The van der Waals surface area contributed by atoms with E-state index in [-0.39, 0.29) is 5.91 Å². The largest absolute Gasteiger partial charge is 0.368 e. The summed E-state index contributed by atoms with van der Waals surface area (Å²) in [4.78, 5) is 13.9. The zero-order valence-electron chi connectivity index (χ0n) is 11.4. The minimum absolute atomic E-state index is 0.345. The summed E-state index contributed by atoms with van der Waals surface area (Å²) in [7, 11) is 0. The molecule has 0 bridgehead atoms. The monoisotopic (exact) mass is 241 g/mol. The van der Waals surface area contributed by atoms with Crippen molar-refractivity contribution in [2.75, 3.05) is 6.54 Å². The van der Waals surface area contributed by atoms with Crippen molar-refractivity contribution in [2.45, 2.75) is 70.5 Å². The maximum atomic E-state index is 11.5. The molecule has 100 valence electrons. The van der Waals surface area contributed by atoms with Crippen LogP contribution >= 0.6 is 0 Å². The van der Waals surface area contributed by atoms with Gasteiger partial charge in [0.1, 0.15) is 0 Å². The van der Waals surface area contributed by atoms with E-state index < -0.39 is 5.54 Å². The summed E-state index contributed by atoms with van der Waals surface area (Å²) in [6, 6.07) is 0.899. The molecule has 4 N–H and O–H groups in total. The minimum Gasteiger partial charge on any atom is -0.368 e.